The van der Waals surface area contributed by atoms with Crippen molar-refractivity contribution in [1.29, 1.82) is 0 Å². The number of ether oxygens (including phenoxy) is 1. The molecular formula is C13H19N3O2. The molecule has 5 nitrogen and oxygen atoms in total. The number of nitrogens with zero attached hydrogens (tertiary/aromatic N) is 1. The molecule has 1 aromatic heterocycles. The van der Waals surface area contributed by atoms with Crippen molar-refractivity contribution < 1.29 is 4.74 Å². The van der Waals surface area contributed by atoms with E-state index in [0.29, 0.717) is 12.4 Å². The van der Waals surface area contributed by atoms with Gasteiger partial charge in [-0.1, -0.05) is 0 Å². The number of rotatable bonds is 1. The van der Waals surface area contributed by atoms with E-state index in [0.717, 1.165) is 50.1 Å². The highest BCUT2D eigenvalue weighted by Crippen LogP contribution is 2.32. The van der Waals surface area contributed by atoms with E-state index in [1.807, 2.05) is 6.92 Å². The predicted molar refractivity (Wildman–Crippen MR) is 67.4 cm³/mol. The van der Waals surface area contributed by atoms with Crippen LogP contribution in [-0.2, 0) is 23.3 Å². The van der Waals surface area contributed by atoms with Crippen LogP contribution >= 0.6 is 0 Å². The Labute approximate surface area is 106 Å². The van der Waals surface area contributed by atoms with Crippen molar-refractivity contribution in [2.24, 2.45) is 0 Å². The SMILES string of the molecule is CC1(c2nc3c(c(=O)[nH]2)CNCC3)CCCCO1. The highest BCUT2D eigenvalue weighted by Gasteiger charge is 2.33. The second-order valence-electron chi connectivity index (χ2n) is 5.30. The van der Waals surface area contributed by atoms with Crippen LogP contribution in [0.4, 0.5) is 0 Å². The van der Waals surface area contributed by atoms with Crippen LogP contribution in [0.1, 0.15) is 43.3 Å². The Morgan fingerprint density at radius 1 is 1.39 bits per heavy atom. The third-order valence-electron chi connectivity index (χ3n) is 3.91. The normalized spacial score (nSPS) is 27.8. The zero-order chi connectivity index (χ0) is 12.6. The van der Waals surface area contributed by atoms with Crippen molar-refractivity contribution in [3.63, 3.8) is 0 Å². The smallest absolute Gasteiger partial charge is 0.255 e. The second kappa shape index (κ2) is 4.48. The van der Waals surface area contributed by atoms with Gasteiger partial charge in [-0.2, -0.15) is 0 Å². The topological polar surface area (TPSA) is 67.0 Å². The number of fused-ring (bicyclic) bond motifs is 1. The van der Waals surface area contributed by atoms with Gasteiger partial charge in [-0.15, -0.1) is 0 Å². The number of H-pyrrole nitrogens is 1. The fourth-order valence-corrected chi connectivity index (χ4v) is 2.72. The molecule has 0 saturated carbocycles. The monoisotopic (exact) mass is 249 g/mol. The zero-order valence-electron chi connectivity index (χ0n) is 10.7. The molecule has 98 valence electrons. The molecule has 0 radical (unpaired) electrons. The first-order valence-electron chi connectivity index (χ1n) is 6.66. The minimum absolute atomic E-state index is 0.0161. The predicted octanol–water partition coefficient (Wildman–Crippen LogP) is 0.831. The van der Waals surface area contributed by atoms with Gasteiger partial charge in [0.05, 0.1) is 11.3 Å². The van der Waals surface area contributed by atoms with Gasteiger partial charge in [0.25, 0.3) is 5.56 Å². The number of hydrogen-bond acceptors (Lipinski definition) is 4. The lowest BCUT2D eigenvalue weighted by Gasteiger charge is -2.33. The van der Waals surface area contributed by atoms with Gasteiger partial charge in [0.1, 0.15) is 11.4 Å². The average Bonchev–Trinajstić information content (AvgIpc) is 2.39. The molecule has 0 amide bonds. The summed E-state index contributed by atoms with van der Waals surface area (Å²) in [5.74, 6) is 0.702. The summed E-state index contributed by atoms with van der Waals surface area (Å²) in [7, 11) is 0. The van der Waals surface area contributed by atoms with Crippen LogP contribution in [-0.4, -0.2) is 23.1 Å². The second-order valence-corrected chi connectivity index (χ2v) is 5.30. The maximum absolute atomic E-state index is 12.1. The average molecular weight is 249 g/mol. The summed E-state index contributed by atoms with van der Waals surface area (Å²) < 4.78 is 5.85. The van der Waals surface area contributed by atoms with Crippen molar-refractivity contribution in [3.8, 4) is 0 Å². The number of nitrogens with one attached hydrogen (secondary N) is 2. The summed E-state index contributed by atoms with van der Waals surface area (Å²) in [6, 6.07) is 0. The first-order chi connectivity index (χ1) is 8.69. The Balaban J connectivity index is 2.02. The molecule has 0 spiro atoms. The van der Waals surface area contributed by atoms with Crippen LogP contribution in [0.15, 0.2) is 4.79 Å². The van der Waals surface area contributed by atoms with E-state index >= 15 is 0 Å². The van der Waals surface area contributed by atoms with Gasteiger partial charge in [-0.25, -0.2) is 4.98 Å². The van der Waals surface area contributed by atoms with Crippen molar-refractivity contribution in [2.75, 3.05) is 13.2 Å². The Hall–Kier alpha value is -1.20. The molecule has 2 aliphatic rings. The summed E-state index contributed by atoms with van der Waals surface area (Å²) in [5, 5.41) is 3.20. The molecule has 2 N–H and O–H groups in total. The molecule has 1 atom stereocenters. The summed E-state index contributed by atoms with van der Waals surface area (Å²) in [4.78, 5) is 19.6. The molecule has 1 saturated heterocycles. The van der Waals surface area contributed by atoms with E-state index in [9.17, 15) is 4.79 Å². The molecule has 0 bridgehead atoms. The Morgan fingerprint density at radius 3 is 3.06 bits per heavy atom. The number of hydrogen-bond donors (Lipinski definition) is 2. The lowest BCUT2D eigenvalue weighted by molar-refractivity contribution is -0.0763. The molecule has 5 heteroatoms. The Bertz CT molecular complexity index is 503. The molecule has 3 rings (SSSR count). The molecule has 1 unspecified atom stereocenters. The van der Waals surface area contributed by atoms with Crippen LogP contribution in [0, 0.1) is 0 Å². The van der Waals surface area contributed by atoms with Crippen LogP contribution in [0.25, 0.3) is 0 Å². The van der Waals surface area contributed by atoms with Gasteiger partial charge >= 0.3 is 0 Å². The molecular weight excluding hydrogens is 230 g/mol. The van der Waals surface area contributed by atoms with E-state index in [1.165, 1.54) is 0 Å². The zero-order valence-corrected chi connectivity index (χ0v) is 10.7. The summed E-state index contributed by atoms with van der Waals surface area (Å²) in [6.07, 6.45) is 3.96. The Kier molecular flexibility index (Phi) is 2.95. The summed E-state index contributed by atoms with van der Waals surface area (Å²) in [6.45, 7) is 4.28. The van der Waals surface area contributed by atoms with Gasteiger partial charge in [-0.05, 0) is 26.2 Å². The Morgan fingerprint density at radius 2 is 2.28 bits per heavy atom. The molecule has 2 aliphatic heterocycles. The van der Waals surface area contributed by atoms with E-state index < -0.39 is 5.60 Å². The molecule has 3 heterocycles. The molecule has 1 aromatic rings. The van der Waals surface area contributed by atoms with E-state index in [2.05, 4.69) is 15.3 Å². The van der Waals surface area contributed by atoms with Gasteiger partial charge in [-0.3, -0.25) is 4.79 Å². The van der Waals surface area contributed by atoms with Gasteiger partial charge < -0.3 is 15.0 Å². The van der Waals surface area contributed by atoms with Crippen molar-refractivity contribution in [3.05, 3.63) is 27.4 Å². The van der Waals surface area contributed by atoms with Gasteiger partial charge in [0.2, 0.25) is 0 Å². The first kappa shape index (κ1) is 11.9. The van der Waals surface area contributed by atoms with Crippen molar-refractivity contribution in [1.82, 2.24) is 15.3 Å². The molecule has 18 heavy (non-hydrogen) atoms. The van der Waals surface area contributed by atoms with Gasteiger partial charge in [0, 0.05) is 26.1 Å². The summed E-state index contributed by atoms with van der Waals surface area (Å²) >= 11 is 0. The van der Waals surface area contributed by atoms with Gasteiger partial charge in [0.15, 0.2) is 0 Å². The molecule has 0 aliphatic carbocycles. The first-order valence-corrected chi connectivity index (χ1v) is 6.66. The third kappa shape index (κ3) is 1.97. The van der Waals surface area contributed by atoms with E-state index in [-0.39, 0.29) is 5.56 Å². The fraction of sp³-hybridized carbons (Fsp3) is 0.692. The number of aromatic amines is 1. The van der Waals surface area contributed by atoms with Crippen LogP contribution in [0.2, 0.25) is 0 Å². The quantitative estimate of drug-likeness (QED) is 0.773. The largest absolute Gasteiger partial charge is 0.367 e. The minimum atomic E-state index is -0.419. The third-order valence-corrected chi connectivity index (χ3v) is 3.91. The maximum atomic E-state index is 12.1. The molecule has 1 fully saturated rings. The lowest BCUT2D eigenvalue weighted by atomic mass is 9.94. The maximum Gasteiger partial charge on any atom is 0.255 e. The lowest BCUT2D eigenvalue weighted by Crippen LogP contribution is -2.38. The summed E-state index contributed by atoms with van der Waals surface area (Å²) in [5.41, 5.74) is 1.28. The van der Waals surface area contributed by atoms with Crippen LogP contribution in [0.3, 0.4) is 0 Å². The highest BCUT2D eigenvalue weighted by atomic mass is 16.5. The standard InChI is InChI=1S/C13H19N3O2/c1-13(5-2-3-7-18-13)12-15-10-4-6-14-8-9(10)11(17)16-12/h14H,2-8H2,1H3,(H,15,16,17). The fourth-order valence-electron chi connectivity index (χ4n) is 2.72. The van der Waals surface area contributed by atoms with Crippen LogP contribution < -0.4 is 10.9 Å². The van der Waals surface area contributed by atoms with E-state index in [4.69, 9.17) is 4.74 Å². The van der Waals surface area contributed by atoms with Crippen molar-refractivity contribution >= 4 is 0 Å². The minimum Gasteiger partial charge on any atom is -0.367 e. The van der Waals surface area contributed by atoms with E-state index in [1.54, 1.807) is 0 Å². The van der Waals surface area contributed by atoms with Crippen molar-refractivity contribution in [2.45, 2.75) is 44.8 Å². The highest BCUT2D eigenvalue weighted by molar-refractivity contribution is 5.22. The van der Waals surface area contributed by atoms with Crippen LogP contribution in [0.5, 0.6) is 0 Å². The molecule has 0 aromatic carbocycles. The number of aromatic nitrogens is 2.